The lowest BCUT2D eigenvalue weighted by Crippen LogP contribution is -2.42. The first-order valence-corrected chi connectivity index (χ1v) is 7.72. The van der Waals surface area contributed by atoms with Crippen LogP contribution in [0.15, 0.2) is 24.3 Å². The smallest absolute Gasteiger partial charge is 0.315 e. The van der Waals surface area contributed by atoms with Crippen LogP contribution in [0.2, 0.25) is 0 Å². The molecular formula is C17H26N2O4. The molecule has 6 heteroatoms. The van der Waals surface area contributed by atoms with E-state index in [1.165, 1.54) is 0 Å². The Morgan fingerprint density at radius 1 is 1.04 bits per heavy atom. The summed E-state index contributed by atoms with van der Waals surface area (Å²) in [5.74, 6) is 0.356. The van der Waals surface area contributed by atoms with E-state index < -0.39 is 6.04 Å². The number of amides is 2. The number of nitrogens with one attached hydrogen (secondary N) is 2. The van der Waals surface area contributed by atoms with Crippen molar-refractivity contribution in [2.75, 3.05) is 7.11 Å². The average molecular weight is 322 g/mol. The lowest BCUT2D eigenvalue weighted by molar-refractivity contribution is -0.147. The number of carbonyl (C=O) groups excluding carboxylic acids is 2. The van der Waals surface area contributed by atoms with Gasteiger partial charge in [0.05, 0.1) is 25.7 Å². The highest BCUT2D eigenvalue weighted by Crippen LogP contribution is 2.21. The van der Waals surface area contributed by atoms with Gasteiger partial charge < -0.3 is 20.1 Å². The molecule has 128 valence electrons. The third-order valence-electron chi connectivity index (χ3n) is 2.98. The lowest BCUT2D eigenvalue weighted by atomic mass is 10.0. The molecule has 23 heavy (non-hydrogen) atoms. The van der Waals surface area contributed by atoms with Gasteiger partial charge in [-0.3, -0.25) is 4.79 Å². The number of ether oxygens (including phenoxy) is 2. The number of hydrogen-bond acceptors (Lipinski definition) is 4. The third kappa shape index (κ3) is 7.04. The molecule has 0 aliphatic carbocycles. The predicted molar refractivity (Wildman–Crippen MR) is 88.4 cm³/mol. The highest BCUT2D eigenvalue weighted by molar-refractivity contribution is 5.76. The number of methoxy groups -OCH3 is 1. The summed E-state index contributed by atoms with van der Waals surface area (Å²) >= 11 is 0. The van der Waals surface area contributed by atoms with Crippen molar-refractivity contribution in [2.45, 2.75) is 52.3 Å². The Morgan fingerprint density at radius 2 is 1.65 bits per heavy atom. The number of carbonyl (C=O) groups is 2. The van der Waals surface area contributed by atoms with E-state index in [1.54, 1.807) is 33.1 Å². The van der Waals surface area contributed by atoms with Crippen molar-refractivity contribution in [3.05, 3.63) is 29.8 Å². The fourth-order valence-corrected chi connectivity index (χ4v) is 2.03. The Morgan fingerprint density at radius 3 is 2.13 bits per heavy atom. The Labute approximate surface area is 137 Å². The Bertz CT molecular complexity index is 488. The predicted octanol–water partition coefficient (Wildman–Crippen LogP) is 2.79. The van der Waals surface area contributed by atoms with Crippen LogP contribution < -0.4 is 15.4 Å². The van der Waals surface area contributed by atoms with Crippen LogP contribution in [0.3, 0.4) is 0 Å². The van der Waals surface area contributed by atoms with Gasteiger partial charge in [0.25, 0.3) is 0 Å². The molecule has 0 bridgehead atoms. The molecule has 0 aliphatic rings. The molecule has 0 heterocycles. The van der Waals surface area contributed by atoms with Gasteiger partial charge in [-0.2, -0.15) is 0 Å². The lowest BCUT2D eigenvalue weighted by Gasteiger charge is -2.21. The van der Waals surface area contributed by atoms with Crippen LogP contribution in [0.5, 0.6) is 5.75 Å². The molecule has 6 nitrogen and oxygen atoms in total. The zero-order chi connectivity index (χ0) is 17.4. The van der Waals surface area contributed by atoms with Crippen molar-refractivity contribution in [3.8, 4) is 5.75 Å². The largest absolute Gasteiger partial charge is 0.497 e. The number of urea groups is 1. The van der Waals surface area contributed by atoms with E-state index >= 15 is 0 Å². The van der Waals surface area contributed by atoms with Crippen LogP contribution >= 0.6 is 0 Å². The van der Waals surface area contributed by atoms with Crippen molar-refractivity contribution in [3.63, 3.8) is 0 Å². The van der Waals surface area contributed by atoms with Crippen molar-refractivity contribution in [1.29, 1.82) is 0 Å². The number of hydrogen-bond donors (Lipinski definition) is 2. The molecule has 1 aromatic carbocycles. The van der Waals surface area contributed by atoms with Crippen molar-refractivity contribution >= 4 is 12.0 Å². The molecule has 1 unspecified atom stereocenters. The van der Waals surface area contributed by atoms with Crippen LogP contribution in [-0.2, 0) is 9.53 Å². The molecule has 0 spiro atoms. The van der Waals surface area contributed by atoms with Gasteiger partial charge in [0, 0.05) is 6.04 Å². The highest BCUT2D eigenvalue weighted by atomic mass is 16.5. The van der Waals surface area contributed by atoms with E-state index in [4.69, 9.17) is 9.47 Å². The summed E-state index contributed by atoms with van der Waals surface area (Å²) in [6.45, 7) is 7.32. The minimum atomic E-state index is -0.467. The second-order valence-corrected chi connectivity index (χ2v) is 5.84. The average Bonchev–Trinajstić information content (AvgIpc) is 2.45. The van der Waals surface area contributed by atoms with Crippen molar-refractivity contribution < 1.29 is 19.1 Å². The van der Waals surface area contributed by atoms with Crippen LogP contribution in [0, 0.1) is 0 Å². The van der Waals surface area contributed by atoms with E-state index in [9.17, 15) is 9.59 Å². The molecule has 1 rings (SSSR count). The van der Waals surface area contributed by atoms with E-state index in [-0.39, 0.29) is 30.6 Å². The van der Waals surface area contributed by atoms with Gasteiger partial charge >= 0.3 is 12.0 Å². The summed E-state index contributed by atoms with van der Waals surface area (Å²) in [5, 5.41) is 5.57. The van der Waals surface area contributed by atoms with Crippen LogP contribution in [0.25, 0.3) is 0 Å². The second-order valence-electron chi connectivity index (χ2n) is 5.84. The molecule has 0 radical (unpaired) electrons. The molecule has 2 amide bonds. The second kappa shape index (κ2) is 9.02. The number of esters is 1. The van der Waals surface area contributed by atoms with Crippen molar-refractivity contribution in [2.24, 2.45) is 0 Å². The zero-order valence-corrected chi connectivity index (χ0v) is 14.4. The van der Waals surface area contributed by atoms with Crippen LogP contribution in [-0.4, -0.2) is 31.3 Å². The summed E-state index contributed by atoms with van der Waals surface area (Å²) in [6, 6.07) is 6.44. The molecule has 0 saturated carbocycles. The van der Waals surface area contributed by atoms with Gasteiger partial charge in [-0.25, -0.2) is 4.79 Å². The highest BCUT2D eigenvalue weighted by Gasteiger charge is 2.20. The molecule has 2 N–H and O–H groups in total. The maximum Gasteiger partial charge on any atom is 0.315 e. The molecule has 0 fully saturated rings. The maximum absolute atomic E-state index is 12.0. The molecule has 0 aromatic heterocycles. The Hall–Kier alpha value is -2.24. The fourth-order valence-electron chi connectivity index (χ4n) is 2.03. The first-order chi connectivity index (χ1) is 10.8. The van der Waals surface area contributed by atoms with Gasteiger partial charge in [-0.05, 0) is 45.4 Å². The van der Waals surface area contributed by atoms with Crippen LogP contribution in [0.1, 0.15) is 45.7 Å². The Balaban J connectivity index is 2.85. The fraction of sp³-hybridized carbons (Fsp3) is 0.529. The summed E-state index contributed by atoms with van der Waals surface area (Å²) < 4.78 is 10.3. The quantitative estimate of drug-likeness (QED) is 0.757. The normalized spacial score (nSPS) is 12.0. The van der Waals surface area contributed by atoms with Gasteiger partial charge in [0.15, 0.2) is 0 Å². The molecule has 0 aliphatic heterocycles. The topological polar surface area (TPSA) is 76.7 Å². The standard InChI is InChI=1S/C17H26N2O4/c1-11(2)18-17(21)19-15(10-16(20)23-12(3)4)13-6-8-14(22-5)9-7-13/h6-9,11-12,15H,10H2,1-5H3,(H2,18,19,21). The number of benzene rings is 1. The minimum Gasteiger partial charge on any atom is -0.497 e. The van der Waals surface area contributed by atoms with Gasteiger partial charge in [0.1, 0.15) is 5.75 Å². The monoisotopic (exact) mass is 322 g/mol. The molecular weight excluding hydrogens is 296 g/mol. The van der Waals surface area contributed by atoms with Gasteiger partial charge in [-0.1, -0.05) is 12.1 Å². The van der Waals surface area contributed by atoms with Gasteiger partial charge in [0.2, 0.25) is 0 Å². The first-order valence-electron chi connectivity index (χ1n) is 7.72. The first kappa shape index (κ1) is 18.8. The SMILES string of the molecule is COc1ccc(C(CC(=O)OC(C)C)NC(=O)NC(C)C)cc1. The van der Waals surface area contributed by atoms with Crippen molar-refractivity contribution in [1.82, 2.24) is 10.6 Å². The van der Waals surface area contributed by atoms with E-state index in [0.29, 0.717) is 5.75 Å². The van der Waals surface area contributed by atoms with E-state index in [0.717, 1.165) is 5.56 Å². The molecule has 1 atom stereocenters. The summed E-state index contributed by atoms with van der Waals surface area (Å²) in [7, 11) is 1.58. The third-order valence-corrected chi connectivity index (χ3v) is 2.98. The maximum atomic E-state index is 12.0. The van der Waals surface area contributed by atoms with Gasteiger partial charge in [-0.15, -0.1) is 0 Å². The minimum absolute atomic E-state index is 0.00846. The zero-order valence-electron chi connectivity index (χ0n) is 14.4. The van der Waals surface area contributed by atoms with E-state index in [1.807, 2.05) is 26.0 Å². The summed E-state index contributed by atoms with van der Waals surface area (Å²) in [5.41, 5.74) is 0.811. The molecule has 0 saturated heterocycles. The molecule has 1 aromatic rings. The van der Waals surface area contributed by atoms with E-state index in [2.05, 4.69) is 10.6 Å². The summed E-state index contributed by atoms with van der Waals surface area (Å²) in [6.07, 6.45) is -0.126. The summed E-state index contributed by atoms with van der Waals surface area (Å²) in [4.78, 5) is 23.9. The number of rotatable bonds is 7. The van der Waals surface area contributed by atoms with Crippen LogP contribution in [0.4, 0.5) is 4.79 Å². The Kier molecular flexibility index (Phi) is 7.38.